The lowest BCUT2D eigenvalue weighted by Crippen LogP contribution is -2.48. The predicted octanol–water partition coefficient (Wildman–Crippen LogP) is 3.47. The fraction of sp³-hybridized carbons (Fsp3) is 0.417. The third-order valence-electron chi connectivity index (χ3n) is 2.99. The van der Waals surface area contributed by atoms with Crippen molar-refractivity contribution in [3.8, 4) is 0 Å². The summed E-state index contributed by atoms with van der Waals surface area (Å²) < 4.78 is 39.6. The van der Waals surface area contributed by atoms with Gasteiger partial charge in [0.25, 0.3) is 0 Å². The van der Waals surface area contributed by atoms with Gasteiger partial charge in [0.15, 0.2) is 0 Å². The van der Waals surface area contributed by atoms with Crippen LogP contribution in [0.15, 0.2) is 22.7 Å². The molecule has 1 heterocycles. The third-order valence-corrected chi connectivity index (χ3v) is 4.50. The summed E-state index contributed by atoms with van der Waals surface area (Å²) in [5.74, 6) is -0.215. The number of anilines is 1. The van der Waals surface area contributed by atoms with Gasteiger partial charge in [0, 0.05) is 28.2 Å². The van der Waals surface area contributed by atoms with Gasteiger partial charge in [0.2, 0.25) is 0 Å². The Kier molecular flexibility index (Phi) is 4.53. The highest BCUT2D eigenvalue weighted by molar-refractivity contribution is 9.10. The first kappa shape index (κ1) is 15.5. The predicted molar refractivity (Wildman–Crippen MR) is 75.2 cm³/mol. The van der Waals surface area contributed by atoms with Gasteiger partial charge in [-0.3, -0.25) is 0 Å². The van der Waals surface area contributed by atoms with Gasteiger partial charge in [-0.15, -0.1) is 0 Å². The molecule has 0 bridgehead atoms. The van der Waals surface area contributed by atoms with Crippen molar-refractivity contribution in [2.45, 2.75) is 12.2 Å². The summed E-state index contributed by atoms with van der Waals surface area (Å²) in [4.78, 5) is 12.5. The van der Waals surface area contributed by atoms with Crippen molar-refractivity contribution in [2.24, 2.45) is 0 Å². The van der Waals surface area contributed by atoms with Crippen molar-refractivity contribution in [1.29, 1.82) is 0 Å². The Morgan fingerprint density at radius 3 is 2.75 bits per heavy atom. The van der Waals surface area contributed by atoms with Crippen molar-refractivity contribution >= 4 is 39.3 Å². The van der Waals surface area contributed by atoms with Gasteiger partial charge in [0.05, 0.1) is 5.56 Å². The second kappa shape index (κ2) is 5.85. The number of alkyl halides is 3. The molecular formula is C12H11BrF3NO2S. The molecule has 0 radical (unpaired) electrons. The number of nitrogens with zero attached hydrogens (tertiary/aromatic N) is 1. The molecule has 1 N–H and O–H groups in total. The SMILES string of the molecule is O=C(O)C1CSCCN1c1ccc(Br)cc1C(F)(F)F. The van der Waals surface area contributed by atoms with Crippen LogP contribution in [0.1, 0.15) is 5.56 Å². The average Bonchev–Trinajstić information content (AvgIpc) is 2.37. The quantitative estimate of drug-likeness (QED) is 0.866. The molecule has 0 saturated carbocycles. The van der Waals surface area contributed by atoms with Crippen LogP contribution in [0.2, 0.25) is 0 Å². The number of hydrogen-bond acceptors (Lipinski definition) is 3. The van der Waals surface area contributed by atoms with Gasteiger partial charge < -0.3 is 10.0 Å². The minimum absolute atomic E-state index is 0.0756. The van der Waals surface area contributed by atoms with E-state index in [1.54, 1.807) is 0 Å². The average molecular weight is 370 g/mol. The van der Waals surface area contributed by atoms with Crippen LogP contribution in [-0.4, -0.2) is 35.2 Å². The Morgan fingerprint density at radius 2 is 2.15 bits per heavy atom. The topological polar surface area (TPSA) is 40.5 Å². The van der Waals surface area contributed by atoms with Crippen LogP contribution in [0.4, 0.5) is 18.9 Å². The second-order valence-corrected chi connectivity index (χ2v) is 6.35. The largest absolute Gasteiger partial charge is 0.480 e. The second-order valence-electron chi connectivity index (χ2n) is 4.28. The Hall–Kier alpha value is -0.890. The Balaban J connectivity index is 2.47. The van der Waals surface area contributed by atoms with Crippen molar-refractivity contribution in [3.05, 3.63) is 28.2 Å². The lowest BCUT2D eigenvalue weighted by Gasteiger charge is -2.36. The maximum absolute atomic E-state index is 13.1. The number of carbonyl (C=O) groups is 1. The molecule has 0 spiro atoms. The van der Waals surface area contributed by atoms with Crippen LogP contribution in [-0.2, 0) is 11.0 Å². The van der Waals surface area contributed by atoms with Gasteiger partial charge in [-0.1, -0.05) is 15.9 Å². The zero-order valence-corrected chi connectivity index (χ0v) is 12.6. The molecule has 1 aliphatic heterocycles. The van der Waals surface area contributed by atoms with Crippen LogP contribution in [0.5, 0.6) is 0 Å². The van der Waals surface area contributed by atoms with E-state index in [9.17, 15) is 23.1 Å². The van der Waals surface area contributed by atoms with E-state index in [0.717, 1.165) is 6.07 Å². The molecule has 110 valence electrons. The minimum atomic E-state index is -4.52. The fourth-order valence-electron chi connectivity index (χ4n) is 2.08. The van der Waals surface area contributed by atoms with E-state index in [2.05, 4.69) is 15.9 Å². The van der Waals surface area contributed by atoms with Crippen LogP contribution in [0, 0.1) is 0 Å². The number of carboxylic acids is 1. The minimum Gasteiger partial charge on any atom is -0.480 e. The molecule has 2 rings (SSSR count). The molecule has 1 atom stereocenters. The van der Waals surface area contributed by atoms with E-state index in [4.69, 9.17) is 0 Å². The zero-order chi connectivity index (χ0) is 14.9. The van der Waals surface area contributed by atoms with Crippen LogP contribution in [0.25, 0.3) is 0 Å². The normalized spacial score (nSPS) is 20.0. The number of thioether (sulfide) groups is 1. The first-order chi connectivity index (χ1) is 9.30. The maximum Gasteiger partial charge on any atom is 0.418 e. The summed E-state index contributed by atoms with van der Waals surface area (Å²) in [6, 6.07) is 2.86. The first-order valence-electron chi connectivity index (χ1n) is 5.74. The van der Waals surface area contributed by atoms with Gasteiger partial charge in [0.1, 0.15) is 6.04 Å². The summed E-state index contributed by atoms with van der Waals surface area (Å²) in [5.41, 5.74) is -0.890. The molecule has 0 amide bonds. The number of carboxylic acid groups (broad SMARTS) is 1. The molecule has 8 heteroatoms. The lowest BCUT2D eigenvalue weighted by atomic mass is 10.1. The summed E-state index contributed by atoms with van der Waals surface area (Å²) >= 11 is 4.45. The summed E-state index contributed by atoms with van der Waals surface area (Å²) in [5, 5.41) is 9.17. The summed E-state index contributed by atoms with van der Waals surface area (Å²) in [7, 11) is 0. The van der Waals surface area contributed by atoms with E-state index in [0.29, 0.717) is 10.2 Å². The Bertz CT molecular complexity index is 524. The van der Waals surface area contributed by atoms with Crippen LogP contribution >= 0.6 is 27.7 Å². The van der Waals surface area contributed by atoms with Crippen LogP contribution < -0.4 is 4.90 Å². The lowest BCUT2D eigenvalue weighted by molar-refractivity contribution is -0.140. The van der Waals surface area contributed by atoms with Gasteiger partial charge in [-0.05, 0) is 18.2 Å². The molecule has 1 saturated heterocycles. The van der Waals surface area contributed by atoms with Crippen molar-refractivity contribution in [3.63, 3.8) is 0 Å². The monoisotopic (exact) mass is 369 g/mol. The number of hydrogen-bond donors (Lipinski definition) is 1. The molecule has 0 aromatic heterocycles. The number of rotatable bonds is 2. The van der Waals surface area contributed by atoms with Crippen LogP contribution in [0.3, 0.4) is 0 Å². The van der Waals surface area contributed by atoms with E-state index in [-0.39, 0.29) is 18.0 Å². The summed E-state index contributed by atoms with van der Waals surface area (Å²) in [6.45, 7) is 0.284. The fourth-order valence-corrected chi connectivity index (χ4v) is 3.48. The zero-order valence-electron chi connectivity index (χ0n) is 10.2. The smallest absolute Gasteiger partial charge is 0.418 e. The van der Waals surface area contributed by atoms with Crippen molar-refractivity contribution < 1.29 is 23.1 Å². The summed E-state index contributed by atoms with van der Waals surface area (Å²) in [6.07, 6.45) is -4.52. The third kappa shape index (κ3) is 3.22. The van der Waals surface area contributed by atoms with E-state index in [1.165, 1.54) is 28.8 Å². The molecule has 0 aliphatic carbocycles. The Morgan fingerprint density at radius 1 is 1.45 bits per heavy atom. The Labute approximate surface area is 126 Å². The van der Waals surface area contributed by atoms with E-state index in [1.807, 2.05) is 0 Å². The molecule has 1 aliphatic rings. The van der Waals surface area contributed by atoms with Crippen molar-refractivity contribution in [2.75, 3.05) is 23.0 Å². The molecule has 1 unspecified atom stereocenters. The molecule has 1 aromatic rings. The highest BCUT2D eigenvalue weighted by Gasteiger charge is 2.38. The number of benzene rings is 1. The molecule has 3 nitrogen and oxygen atoms in total. The molecule has 1 fully saturated rings. The van der Waals surface area contributed by atoms with Crippen molar-refractivity contribution in [1.82, 2.24) is 0 Å². The standard InChI is InChI=1S/C12H11BrF3NO2S/c13-7-1-2-9(8(5-7)12(14,15)16)17-3-4-20-6-10(17)11(18)19/h1-2,5,10H,3-4,6H2,(H,18,19). The van der Waals surface area contributed by atoms with Gasteiger partial charge in [-0.2, -0.15) is 24.9 Å². The first-order valence-corrected chi connectivity index (χ1v) is 7.69. The number of halogens is 4. The highest BCUT2D eigenvalue weighted by atomic mass is 79.9. The molecule has 20 heavy (non-hydrogen) atoms. The van der Waals surface area contributed by atoms with E-state index >= 15 is 0 Å². The van der Waals surface area contributed by atoms with E-state index < -0.39 is 23.8 Å². The van der Waals surface area contributed by atoms with Gasteiger partial charge in [-0.25, -0.2) is 4.79 Å². The molecule has 1 aromatic carbocycles. The molecular weight excluding hydrogens is 359 g/mol. The van der Waals surface area contributed by atoms with Gasteiger partial charge >= 0.3 is 12.1 Å². The maximum atomic E-state index is 13.1. The highest BCUT2D eigenvalue weighted by Crippen LogP contribution is 2.39. The number of aliphatic carboxylic acids is 1.